The van der Waals surface area contributed by atoms with Gasteiger partial charge in [-0.15, -0.1) is 0 Å². The molecule has 4 nitrogen and oxygen atoms in total. The van der Waals surface area contributed by atoms with Crippen molar-refractivity contribution < 1.29 is 14.3 Å². The van der Waals surface area contributed by atoms with Gasteiger partial charge < -0.3 is 9.64 Å². The van der Waals surface area contributed by atoms with Crippen molar-refractivity contribution in [2.45, 2.75) is 59.0 Å². The normalized spacial score (nSPS) is 15.3. The summed E-state index contributed by atoms with van der Waals surface area (Å²) in [7, 11) is 0. The highest BCUT2D eigenvalue weighted by atomic mass is 16.6. The SMILES string of the molecule is CCc1cc(C2CN(C(=O)OC(C)(C)C)C2)cc(CC)c1C=O. The quantitative estimate of drug-likeness (QED) is 0.790. The molecule has 0 saturated carbocycles. The Kier molecular flexibility index (Phi) is 5.12. The van der Waals surface area contributed by atoms with Crippen molar-refractivity contribution in [2.24, 2.45) is 0 Å². The molecule has 1 fully saturated rings. The summed E-state index contributed by atoms with van der Waals surface area (Å²) in [6.07, 6.45) is 2.41. The standard InChI is InChI=1S/C19H27NO3/c1-6-13-8-15(9-14(7-2)17(13)12-21)16-10-20(11-16)18(22)23-19(3,4)5/h8-9,12,16H,6-7,10-11H2,1-5H3. The van der Waals surface area contributed by atoms with Crippen molar-refractivity contribution >= 4 is 12.4 Å². The molecule has 0 aliphatic carbocycles. The summed E-state index contributed by atoms with van der Waals surface area (Å²) in [5.41, 5.74) is 3.81. The molecule has 0 aromatic heterocycles. The van der Waals surface area contributed by atoms with E-state index in [0.717, 1.165) is 35.8 Å². The first-order valence-corrected chi connectivity index (χ1v) is 8.37. The van der Waals surface area contributed by atoms with Crippen molar-refractivity contribution in [2.75, 3.05) is 13.1 Å². The summed E-state index contributed by atoms with van der Waals surface area (Å²) in [6, 6.07) is 4.25. The molecule has 0 spiro atoms. The predicted octanol–water partition coefficient (Wildman–Crippen LogP) is 3.96. The van der Waals surface area contributed by atoms with Crippen LogP contribution in [-0.4, -0.2) is 36.0 Å². The predicted molar refractivity (Wildman–Crippen MR) is 91.1 cm³/mol. The summed E-state index contributed by atoms with van der Waals surface area (Å²) in [5, 5.41) is 0. The van der Waals surface area contributed by atoms with Crippen LogP contribution in [0.4, 0.5) is 4.79 Å². The van der Waals surface area contributed by atoms with Gasteiger partial charge in [-0.05, 0) is 50.3 Å². The number of rotatable bonds is 4. The van der Waals surface area contributed by atoms with E-state index < -0.39 is 5.60 Å². The molecule has 1 heterocycles. The fourth-order valence-electron chi connectivity index (χ4n) is 2.94. The van der Waals surface area contributed by atoms with E-state index in [-0.39, 0.29) is 6.09 Å². The van der Waals surface area contributed by atoms with E-state index in [4.69, 9.17) is 4.74 Å². The zero-order valence-corrected chi connectivity index (χ0v) is 14.8. The molecule has 1 aromatic carbocycles. The summed E-state index contributed by atoms with van der Waals surface area (Å²) in [6.45, 7) is 11.1. The number of carbonyl (C=O) groups excluding carboxylic acids is 2. The van der Waals surface area contributed by atoms with Crippen molar-refractivity contribution in [1.29, 1.82) is 0 Å². The van der Waals surface area contributed by atoms with E-state index in [1.54, 1.807) is 4.90 Å². The van der Waals surface area contributed by atoms with E-state index in [1.165, 1.54) is 5.56 Å². The second kappa shape index (κ2) is 6.73. The van der Waals surface area contributed by atoms with Gasteiger partial charge in [0, 0.05) is 24.6 Å². The molecule has 1 aliphatic heterocycles. The van der Waals surface area contributed by atoms with Crippen LogP contribution in [0.25, 0.3) is 0 Å². The first kappa shape index (κ1) is 17.5. The number of benzene rings is 1. The van der Waals surface area contributed by atoms with Crippen LogP contribution < -0.4 is 0 Å². The highest BCUT2D eigenvalue weighted by molar-refractivity contribution is 5.80. The van der Waals surface area contributed by atoms with Crippen LogP contribution in [0.5, 0.6) is 0 Å². The van der Waals surface area contributed by atoms with Crippen LogP contribution in [0.2, 0.25) is 0 Å². The van der Waals surface area contributed by atoms with Crippen LogP contribution in [0.15, 0.2) is 12.1 Å². The van der Waals surface area contributed by atoms with Crippen molar-refractivity contribution in [3.8, 4) is 0 Å². The van der Waals surface area contributed by atoms with Gasteiger partial charge in [0.25, 0.3) is 0 Å². The first-order chi connectivity index (χ1) is 10.8. The number of ether oxygens (including phenoxy) is 1. The maximum absolute atomic E-state index is 12.0. The molecule has 126 valence electrons. The summed E-state index contributed by atoms with van der Waals surface area (Å²) >= 11 is 0. The minimum absolute atomic E-state index is 0.246. The van der Waals surface area contributed by atoms with Gasteiger partial charge in [0.1, 0.15) is 5.60 Å². The minimum atomic E-state index is -0.460. The number of likely N-dealkylation sites (tertiary alicyclic amines) is 1. The maximum Gasteiger partial charge on any atom is 0.410 e. The second-order valence-electron chi connectivity index (χ2n) is 7.16. The third-order valence-corrected chi connectivity index (χ3v) is 4.26. The summed E-state index contributed by atoms with van der Waals surface area (Å²) in [4.78, 5) is 25.1. The zero-order chi connectivity index (χ0) is 17.2. The summed E-state index contributed by atoms with van der Waals surface area (Å²) in [5.74, 6) is 0.332. The minimum Gasteiger partial charge on any atom is -0.444 e. The number of aryl methyl sites for hydroxylation is 2. The van der Waals surface area contributed by atoms with Crippen molar-refractivity contribution in [1.82, 2.24) is 4.90 Å². The van der Waals surface area contributed by atoms with Gasteiger partial charge in [0.05, 0.1) is 0 Å². The average Bonchev–Trinajstić information content (AvgIpc) is 2.42. The molecule has 1 amide bonds. The Labute approximate surface area is 138 Å². The molecule has 1 aromatic rings. The highest BCUT2D eigenvalue weighted by Gasteiger charge is 2.34. The van der Waals surface area contributed by atoms with Crippen LogP contribution in [0.1, 0.15) is 67.6 Å². The molecular formula is C19H27NO3. The monoisotopic (exact) mass is 317 g/mol. The summed E-state index contributed by atoms with van der Waals surface area (Å²) < 4.78 is 5.39. The smallest absolute Gasteiger partial charge is 0.410 e. The number of hydrogen-bond acceptors (Lipinski definition) is 3. The lowest BCUT2D eigenvalue weighted by Crippen LogP contribution is -2.50. The van der Waals surface area contributed by atoms with Crippen molar-refractivity contribution in [3.05, 3.63) is 34.4 Å². The number of amides is 1. The third kappa shape index (κ3) is 3.92. The highest BCUT2D eigenvalue weighted by Crippen LogP contribution is 2.31. The molecule has 0 bridgehead atoms. The van der Waals surface area contributed by atoms with Gasteiger partial charge in [-0.2, -0.15) is 0 Å². The largest absolute Gasteiger partial charge is 0.444 e. The Hall–Kier alpha value is -1.84. The lowest BCUT2D eigenvalue weighted by molar-refractivity contribution is 0.00819. The molecule has 1 saturated heterocycles. The van der Waals surface area contributed by atoms with E-state index >= 15 is 0 Å². The number of hydrogen-bond donors (Lipinski definition) is 0. The molecule has 23 heavy (non-hydrogen) atoms. The van der Waals surface area contributed by atoms with Gasteiger partial charge in [0.2, 0.25) is 0 Å². The Bertz CT molecular complexity index is 570. The Morgan fingerprint density at radius 2 is 1.74 bits per heavy atom. The molecule has 4 heteroatoms. The van der Waals surface area contributed by atoms with Crippen LogP contribution >= 0.6 is 0 Å². The molecule has 1 aliphatic rings. The second-order valence-corrected chi connectivity index (χ2v) is 7.16. The topological polar surface area (TPSA) is 46.6 Å². The van der Waals surface area contributed by atoms with E-state index in [2.05, 4.69) is 26.0 Å². The number of carbonyl (C=O) groups is 2. The molecule has 2 rings (SSSR count). The average molecular weight is 317 g/mol. The Balaban J connectivity index is 2.11. The van der Waals surface area contributed by atoms with Crippen LogP contribution in [0, 0.1) is 0 Å². The molecule has 0 radical (unpaired) electrons. The van der Waals surface area contributed by atoms with Crippen molar-refractivity contribution in [3.63, 3.8) is 0 Å². The van der Waals surface area contributed by atoms with E-state index in [1.807, 2.05) is 20.8 Å². The van der Waals surface area contributed by atoms with E-state index in [0.29, 0.717) is 19.0 Å². The van der Waals surface area contributed by atoms with Gasteiger partial charge in [0.15, 0.2) is 6.29 Å². The zero-order valence-electron chi connectivity index (χ0n) is 14.8. The fraction of sp³-hybridized carbons (Fsp3) is 0.579. The third-order valence-electron chi connectivity index (χ3n) is 4.26. The lowest BCUT2D eigenvalue weighted by atomic mass is 9.86. The Morgan fingerprint density at radius 1 is 1.22 bits per heavy atom. The fourth-order valence-corrected chi connectivity index (χ4v) is 2.94. The van der Waals surface area contributed by atoms with Gasteiger partial charge in [-0.3, -0.25) is 4.79 Å². The van der Waals surface area contributed by atoms with Gasteiger partial charge in [-0.1, -0.05) is 26.0 Å². The molecule has 0 unspecified atom stereocenters. The number of aldehydes is 1. The molecule has 0 atom stereocenters. The van der Waals surface area contributed by atoms with Crippen LogP contribution in [-0.2, 0) is 17.6 Å². The van der Waals surface area contributed by atoms with E-state index in [9.17, 15) is 9.59 Å². The van der Waals surface area contributed by atoms with Crippen LogP contribution in [0.3, 0.4) is 0 Å². The first-order valence-electron chi connectivity index (χ1n) is 8.37. The van der Waals surface area contributed by atoms with Gasteiger partial charge >= 0.3 is 6.09 Å². The number of nitrogens with zero attached hydrogens (tertiary/aromatic N) is 1. The Morgan fingerprint density at radius 3 is 2.13 bits per heavy atom. The maximum atomic E-state index is 12.0. The molecular weight excluding hydrogens is 290 g/mol. The lowest BCUT2D eigenvalue weighted by Gasteiger charge is -2.40. The molecule has 0 N–H and O–H groups in total. The van der Waals surface area contributed by atoms with Gasteiger partial charge in [-0.25, -0.2) is 4.79 Å².